The molecule has 1 aliphatic carbocycles. The number of unbranched alkanes of at least 4 members (excludes halogenated alkanes) is 2. The Morgan fingerprint density at radius 3 is 2.35 bits per heavy atom. The minimum absolute atomic E-state index is 0.212. The van der Waals surface area contributed by atoms with Gasteiger partial charge >= 0.3 is 5.97 Å². The first kappa shape index (κ1) is 23.2. The lowest BCUT2D eigenvalue weighted by molar-refractivity contribution is 0.0697. The molecule has 0 aliphatic heterocycles. The van der Waals surface area contributed by atoms with Gasteiger partial charge in [-0.15, -0.1) is 0 Å². The minimum Gasteiger partial charge on any atom is -0.478 e. The molecule has 2 aromatic carbocycles. The second kappa shape index (κ2) is 11.3. The van der Waals surface area contributed by atoms with Crippen LogP contribution in [0.1, 0.15) is 99.0 Å². The lowest BCUT2D eigenvalue weighted by atomic mass is 9.76. The third kappa shape index (κ3) is 6.06. The average Bonchev–Trinajstić information content (AvgIpc) is 2.79. The van der Waals surface area contributed by atoms with E-state index < -0.39 is 5.97 Å². The standard InChI is InChI=1S/C28H35FO2/c1-3-5-6-8-27(29)23-15-13-22(14-16-23)26-19-24(17-18-25(26)28(30)31)21-11-9-20(7-4-2)10-12-21/h8,13-21H,3-7,9-12H2,1-2H3,(H,30,31). The van der Waals surface area contributed by atoms with E-state index in [1.807, 2.05) is 18.2 Å². The second-order valence-corrected chi connectivity index (χ2v) is 8.89. The molecule has 0 heterocycles. The zero-order valence-corrected chi connectivity index (χ0v) is 18.9. The van der Waals surface area contributed by atoms with Crippen molar-refractivity contribution in [1.29, 1.82) is 0 Å². The van der Waals surface area contributed by atoms with Crippen LogP contribution in [0.25, 0.3) is 17.0 Å². The van der Waals surface area contributed by atoms with Gasteiger partial charge in [-0.25, -0.2) is 9.18 Å². The molecule has 2 nitrogen and oxygen atoms in total. The average molecular weight is 423 g/mol. The third-order valence-electron chi connectivity index (χ3n) is 6.64. The van der Waals surface area contributed by atoms with Crippen LogP contribution in [-0.4, -0.2) is 11.1 Å². The van der Waals surface area contributed by atoms with Crippen LogP contribution < -0.4 is 0 Å². The highest BCUT2D eigenvalue weighted by Gasteiger charge is 2.23. The summed E-state index contributed by atoms with van der Waals surface area (Å²) in [6.07, 6.45) is 11.8. The first-order valence-corrected chi connectivity index (χ1v) is 11.9. The van der Waals surface area contributed by atoms with E-state index in [2.05, 4.69) is 19.9 Å². The fourth-order valence-corrected chi connectivity index (χ4v) is 4.79. The Kier molecular flexibility index (Phi) is 8.45. The second-order valence-electron chi connectivity index (χ2n) is 8.89. The maximum Gasteiger partial charge on any atom is 0.336 e. The molecule has 0 amide bonds. The number of benzene rings is 2. The molecule has 0 bridgehead atoms. The molecule has 0 atom stereocenters. The van der Waals surface area contributed by atoms with E-state index in [0.29, 0.717) is 17.0 Å². The summed E-state index contributed by atoms with van der Waals surface area (Å²) in [4.78, 5) is 11.9. The quantitative estimate of drug-likeness (QED) is 0.411. The molecular formula is C28H35FO2. The molecule has 0 aromatic heterocycles. The van der Waals surface area contributed by atoms with Crippen LogP contribution in [0.3, 0.4) is 0 Å². The molecule has 0 unspecified atom stereocenters. The predicted molar refractivity (Wildman–Crippen MR) is 127 cm³/mol. The molecule has 31 heavy (non-hydrogen) atoms. The predicted octanol–water partition coefficient (Wildman–Crippen LogP) is 8.63. The van der Waals surface area contributed by atoms with Gasteiger partial charge in [0.25, 0.3) is 0 Å². The number of halogens is 1. The Morgan fingerprint density at radius 1 is 1.03 bits per heavy atom. The van der Waals surface area contributed by atoms with Gasteiger partial charge in [-0.3, -0.25) is 0 Å². The van der Waals surface area contributed by atoms with E-state index in [1.54, 1.807) is 24.3 Å². The van der Waals surface area contributed by atoms with Crippen molar-refractivity contribution in [3.8, 4) is 11.1 Å². The van der Waals surface area contributed by atoms with Gasteiger partial charge in [-0.2, -0.15) is 0 Å². The van der Waals surface area contributed by atoms with Gasteiger partial charge in [0.15, 0.2) is 0 Å². The van der Waals surface area contributed by atoms with E-state index in [1.165, 1.54) is 44.1 Å². The highest BCUT2D eigenvalue weighted by atomic mass is 19.1. The highest BCUT2D eigenvalue weighted by Crippen LogP contribution is 2.39. The number of aromatic carboxylic acids is 1. The van der Waals surface area contributed by atoms with Crippen LogP contribution >= 0.6 is 0 Å². The number of hydrogen-bond donors (Lipinski definition) is 1. The number of hydrogen-bond acceptors (Lipinski definition) is 1. The normalized spacial score (nSPS) is 19.4. The molecule has 1 aliphatic rings. The van der Waals surface area contributed by atoms with Crippen LogP contribution in [0.4, 0.5) is 4.39 Å². The van der Waals surface area contributed by atoms with E-state index in [-0.39, 0.29) is 5.83 Å². The molecule has 166 valence electrons. The van der Waals surface area contributed by atoms with Crippen molar-refractivity contribution in [3.05, 3.63) is 65.2 Å². The minimum atomic E-state index is -0.928. The largest absolute Gasteiger partial charge is 0.478 e. The highest BCUT2D eigenvalue weighted by molar-refractivity contribution is 5.96. The monoisotopic (exact) mass is 422 g/mol. The molecule has 1 saturated carbocycles. The summed E-state index contributed by atoms with van der Waals surface area (Å²) >= 11 is 0. The summed E-state index contributed by atoms with van der Waals surface area (Å²) in [7, 11) is 0. The topological polar surface area (TPSA) is 37.3 Å². The third-order valence-corrected chi connectivity index (χ3v) is 6.64. The molecule has 0 spiro atoms. The van der Waals surface area contributed by atoms with Crippen LogP contribution in [0, 0.1) is 5.92 Å². The first-order chi connectivity index (χ1) is 15.0. The zero-order chi connectivity index (χ0) is 22.2. The lowest BCUT2D eigenvalue weighted by Crippen LogP contribution is -2.13. The smallest absolute Gasteiger partial charge is 0.336 e. The van der Waals surface area contributed by atoms with Crippen molar-refractivity contribution in [2.75, 3.05) is 0 Å². The zero-order valence-electron chi connectivity index (χ0n) is 18.9. The van der Waals surface area contributed by atoms with Crippen molar-refractivity contribution in [1.82, 2.24) is 0 Å². The van der Waals surface area contributed by atoms with Gasteiger partial charge in [0.05, 0.1) is 5.56 Å². The molecule has 3 heteroatoms. The van der Waals surface area contributed by atoms with Gasteiger partial charge in [0.1, 0.15) is 5.83 Å². The Bertz CT molecular complexity index is 890. The van der Waals surface area contributed by atoms with E-state index in [4.69, 9.17) is 0 Å². The Labute approximate surface area is 186 Å². The molecule has 1 N–H and O–H groups in total. The van der Waals surface area contributed by atoms with Crippen molar-refractivity contribution >= 4 is 11.8 Å². The summed E-state index contributed by atoms with van der Waals surface area (Å²) in [6, 6.07) is 13.0. The molecule has 0 radical (unpaired) electrons. The lowest BCUT2D eigenvalue weighted by Gasteiger charge is -2.29. The molecule has 2 aromatic rings. The summed E-state index contributed by atoms with van der Waals surface area (Å²) in [5, 5.41) is 9.72. The van der Waals surface area contributed by atoms with Crippen LogP contribution in [0.5, 0.6) is 0 Å². The van der Waals surface area contributed by atoms with E-state index in [9.17, 15) is 14.3 Å². The number of rotatable bonds is 9. The van der Waals surface area contributed by atoms with Crippen molar-refractivity contribution in [2.45, 2.75) is 77.6 Å². The van der Waals surface area contributed by atoms with Crippen molar-refractivity contribution < 1.29 is 14.3 Å². The summed E-state index contributed by atoms with van der Waals surface area (Å²) < 4.78 is 14.4. The van der Waals surface area contributed by atoms with Gasteiger partial charge < -0.3 is 5.11 Å². The van der Waals surface area contributed by atoms with Crippen molar-refractivity contribution in [3.63, 3.8) is 0 Å². The number of carbonyl (C=O) groups is 1. The molecular weight excluding hydrogens is 387 g/mol. The molecule has 1 fully saturated rings. The number of allylic oxidation sites excluding steroid dienone is 1. The first-order valence-electron chi connectivity index (χ1n) is 11.9. The molecule has 0 saturated heterocycles. The van der Waals surface area contributed by atoms with E-state index >= 15 is 0 Å². The Hall–Kier alpha value is -2.42. The van der Waals surface area contributed by atoms with E-state index in [0.717, 1.165) is 36.3 Å². The van der Waals surface area contributed by atoms with Gasteiger partial charge in [0.2, 0.25) is 0 Å². The van der Waals surface area contributed by atoms with Crippen LogP contribution in [0.15, 0.2) is 48.5 Å². The van der Waals surface area contributed by atoms with Gasteiger partial charge in [0, 0.05) is 5.56 Å². The van der Waals surface area contributed by atoms with Gasteiger partial charge in [-0.1, -0.05) is 69.5 Å². The SMILES string of the molecule is CCCCC=C(F)c1ccc(-c2cc(C3CCC(CCC)CC3)ccc2C(=O)O)cc1. The number of carboxylic acids is 1. The number of carboxylic acid groups (broad SMARTS) is 1. The van der Waals surface area contributed by atoms with Crippen LogP contribution in [-0.2, 0) is 0 Å². The Balaban J connectivity index is 1.83. The fraction of sp³-hybridized carbons (Fsp3) is 0.464. The Morgan fingerprint density at radius 2 is 1.74 bits per heavy atom. The summed E-state index contributed by atoms with van der Waals surface area (Å²) in [6.45, 7) is 4.34. The van der Waals surface area contributed by atoms with Gasteiger partial charge in [-0.05, 0) is 79.2 Å². The molecule has 3 rings (SSSR count). The van der Waals surface area contributed by atoms with Crippen molar-refractivity contribution in [2.24, 2.45) is 5.92 Å². The maximum atomic E-state index is 14.4. The summed E-state index contributed by atoms with van der Waals surface area (Å²) in [5.41, 5.74) is 3.62. The fourth-order valence-electron chi connectivity index (χ4n) is 4.79. The summed E-state index contributed by atoms with van der Waals surface area (Å²) in [5.74, 6) is 0.193. The maximum absolute atomic E-state index is 14.4. The van der Waals surface area contributed by atoms with Crippen LogP contribution in [0.2, 0.25) is 0 Å².